The van der Waals surface area contributed by atoms with Gasteiger partial charge in [-0.2, -0.15) is 0 Å². The molecule has 2 aromatic rings. The number of carbonyl (C=O) groups excluding carboxylic acids is 1. The number of carboxylic acid groups (broad SMARTS) is 1. The standard InChI is InChI=1S/C31H34N2O5/c1-6-31(4,5)38-28(30(35)36)26-18(2)15-23-16-21(29(32)34)7-9-24(23)27(26)22-8-10-25-19(3)20(12-14-37-25)11-13-33-17-22/h7-11,13,15-16,28H,3,6,12,14,17H2,1-2,4-5H3,(H2,32,34)(H,35,36)/b20-11-,22-8+,25-10?,33-13?/t28-/m0/s1. The van der Waals surface area contributed by atoms with Gasteiger partial charge in [-0.15, -0.1) is 0 Å². The van der Waals surface area contributed by atoms with Crippen molar-refractivity contribution >= 4 is 34.4 Å². The number of amides is 1. The normalized spacial score (nSPS) is 19.5. The third kappa shape index (κ3) is 5.48. The minimum Gasteiger partial charge on any atom is -0.493 e. The van der Waals surface area contributed by atoms with E-state index in [1.54, 1.807) is 18.3 Å². The number of aryl methyl sites for hydroxylation is 1. The minimum atomic E-state index is -1.22. The number of benzene rings is 2. The number of nitrogens with zero attached hydrogens (tertiary/aromatic N) is 1. The highest BCUT2D eigenvalue weighted by Gasteiger charge is 2.33. The summed E-state index contributed by atoms with van der Waals surface area (Å²) in [5.41, 5.74) is 9.90. The van der Waals surface area contributed by atoms with Crippen LogP contribution in [0, 0.1) is 6.92 Å². The number of aliphatic carboxylic acids is 1. The predicted molar refractivity (Wildman–Crippen MR) is 150 cm³/mol. The van der Waals surface area contributed by atoms with Crippen LogP contribution in [0.15, 0.2) is 71.0 Å². The molecule has 0 saturated carbocycles. The summed E-state index contributed by atoms with van der Waals surface area (Å²) in [5.74, 6) is -0.944. The maximum atomic E-state index is 12.7. The first-order chi connectivity index (χ1) is 18.0. The molecule has 1 atom stereocenters. The van der Waals surface area contributed by atoms with Crippen LogP contribution in [0.4, 0.5) is 0 Å². The Bertz CT molecular complexity index is 1440. The fourth-order valence-electron chi connectivity index (χ4n) is 4.72. The lowest BCUT2D eigenvalue weighted by Gasteiger charge is -2.31. The average molecular weight is 515 g/mol. The molecule has 1 fully saturated rings. The Balaban J connectivity index is 2.03. The molecule has 4 rings (SSSR count). The van der Waals surface area contributed by atoms with Crippen molar-refractivity contribution in [3.05, 3.63) is 88.2 Å². The van der Waals surface area contributed by atoms with E-state index in [2.05, 4.69) is 11.6 Å². The smallest absolute Gasteiger partial charge is 0.337 e. The van der Waals surface area contributed by atoms with Crippen LogP contribution >= 0.6 is 0 Å². The number of carbonyl (C=O) groups is 2. The number of carboxylic acids is 1. The van der Waals surface area contributed by atoms with E-state index in [4.69, 9.17) is 15.2 Å². The van der Waals surface area contributed by atoms with Crippen LogP contribution in [0.1, 0.15) is 66.8 Å². The molecule has 0 aromatic heterocycles. The van der Waals surface area contributed by atoms with E-state index in [9.17, 15) is 14.7 Å². The third-order valence-corrected chi connectivity index (χ3v) is 7.16. The van der Waals surface area contributed by atoms with E-state index in [1.807, 2.05) is 58.1 Å². The number of ether oxygens (including phenoxy) is 2. The molecule has 2 aromatic carbocycles. The number of fused-ring (bicyclic) bond motifs is 3. The van der Waals surface area contributed by atoms with Crippen LogP contribution < -0.4 is 5.73 Å². The number of rotatable bonds is 7. The van der Waals surface area contributed by atoms with Crippen molar-refractivity contribution in [2.24, 2.45) is 10.7 Å². The largest absolute Gasteiger partial charge is 0.493 e. The van der Waals surface area contributed by atoms with Gasteiger partial charge in [-0.3, -0.25) is 9.79 Å². The van der Waals surface area contributed by atoms with Crippen LogP contribution in [0.5, 0.6) is 0 Å². The molecule has 3 N–H and O–H groups in total. The summed E-state index contributed by atoms with van der Waals surface area (Å²) in [6.07, 6.45) is 7.66. The fourth-order valence-corrected chi connectivity index (χ4v) is 4.72. The quantitative estimate of drug-likeness (QED) is 0.483. The van der Waals surface area contributed by atoms with Gasteiger partial charge in [0.25, 0.3) is 0 Å². The molecule has 7 heteroatoms. The van der Waals surface area contributed by atoms with E-state index in [0.717, 1.165) is 39.5 Å². The number of primary amides is 1. The summed E-state index contributed by atoms with van der Waals surface area (Å²) in [6.45, 7) is 12.6. The fraction of sp³-hybridized carbons (Fsp3) is 0.323. The van der Waals surface area contributed by atoms with Gasteiger partial charge in [-0.25, -0.2) is 4.79 Å². The molecular weight excluding hydrogens is 480 g/mol. The molecule has 1 amide bonds. The maximum Gasteiger partial charge on any atom is 0.337 e. The van der Waals surface area contributed by atoms with Crippen LogP contribution in [0.25, 0.3) is 16.3 Å². The summed E-state index contributed by atoms with van der Waals surface area (Å²) in [5, 5.41) is 11.9. The highest BCUT2D eigenvalue weighted by Crippen LogP contribution is 2.39. The lowest BCUT2D eigenvalue weighted by Crippen LogP contribution is -2.30. The van der Waals surface area contributed by atoms with Crippen LogP contribution in [0.2, 0.25) is 0 Å². The lowest BCUT2D eigenvalue weighted by atomic mass is 9.85. The second-order valence-electron chi connectivity index (χ2n) is 10.2. The highest BCUT2D eigenvalue weighted by molar-refractivity contribution is 6.03. The van der Waals surface area contributed by atoms with Gasteiger partial charge < -0.3 is 20.3 Å². The molecule has 38 heavy (non-hydrogen) atoms. The van der Waals surface area contributed by atoms with Gasteiger partial charge in [0.05, 0.1) is 18.8 Å². The second kappa shape index (κ2) is 10.8. The summed E-state index contributed by atoms with van der Waals surface area (Å²) in [7, 11) is 0. The van der Waals surface area contributed by atoms with E-state index < -0.39 is 23.6 Å². The molecule has 0 aliphatic carbocycles. The van der Waals surface area contributed by atoms with Crippen LogP contribution in [0.3, 0.4) is 0 Å². The Morgan fingerprint density at radius 1 is 1.21 bits per heavy atom. The van der Waals surface area contributed by atoms with Gasteiger partial charge in [-0.1, -0.05) is 31.7 Å². The molecule has 1 saturated heterocycles. The van der Waals surface area contributed by atoms with E-state index >= 15 is 0 Å². The van der Waals surface area contributed by atoms with Crippen molar-refractivity contribution in [1.82, 2.24) is 0 Å². The Hall–Kier alpha value is -3.97. The molecule has 198 valence electrons. The average Bonchev–Trinajstić information content (AvgIpc) is 2.86. The summed E-state index contributed by atoms with van der Waals surface area (Å²) < 4.78 is 12.1. The third-order valence-electron chi connectivity index (χ3n) is 7.16. The molecular formula is C31H34N2O5. The first-order valence-corrected chi connectivity index (χ1v) is 12.7. The zero-order valence-electron chi connectivity index (χ0n) is 22.3. The molecule has 2 heterocycles. The molecule has 0 radical (unpaired) electrons. The van der Waals surface area contributed by atoms with Crippen molar-refractivity contribution in [2.45, 2.75) is 52.2 Å². The molecule has 2 aliphatic rings. The van der Waals surface area contributed by atoms with Crippen LogP contribution in [-0.4, -0.2) is 42.0 Å². The first-order valence-electron chi connectivity index (χ1n) is 12.7. The number of hydrogen-bond donors (Lipinski definition) is 2. The molecule has 7 nitrogen and oxygen atoms in total. The Morgan fingerprint density at radius 2 is 1.97 bits per heavy atom. The van der Waals surface area contributed by atoms with E-state index in [-0.39, 0.29) is 0 Å². The Morgan fingerprint density at radius 3 is 2.66 bits per heavy atom. The van der Waals surface area contributed by atoms with Gasteiger partial charge in [-0.05, 0) is 84.5 Å². The topological polar surface area (TPSA) is 111 Å². The van der Waals surface area contributed by atoms with Crippen LogP contribution in [-0.2, 0) is 14.3 Å². The van der Waals surface area contributed by atoms with Crippen molar-refractivity contribution in [2.75, 3.05) is 13.2 Å². The second-order valence-corrected chi connectivity index (χ2v) is 10.2. The summed E-state index contributed by atoms with van der Waals surface area (Å²) in [6, 6.07) is 7.07. The predicted octanol–water partition coefficient (Wildman–Crippen LogP) is 5.83. The van der Waals surface area contributed by atoms with Crippen molar-refractivity contribution in [3.8, 4) is 0 Å². The maximum absolute atomic E-state index is 12.7. The number of hydrogen-bond acceptors (Lipinski definition) is 5. The molecule has 2 aliphatic heterocycles. The molecule has 0 spiro atoms. The van der Waals surface area contributed by atoms with Crippen molar-refractivity contribution < 1.29 is 24.2 Å². The SMILES string of the molecule is C=C1C2=C/C=C(/c3c([C@H](OC(C)(C)CC)C(=O)O)c(C)cc4cc(C(N)=O)ccc34)CN=C/C=C\1CCO2. The highest BCUT2D eigenvalue weighted by atomic mass is 16.5. The Kier molecular flexibility index (Phi) is 7.69. The molecule has 0 unspecified atom stereocenters. The number of aliphatic imine (C=N–C) groups is 1. The number of nitrogens with two attached hydrogens (primary N) is 1. The van der Waals surface area contributed by atoms with Gasteiger partial charge >= 0.3 is 5.97 Å². The first kappa shape index (κ1) is 27.1. The zero-order chi connectivity index (χ0) is 27.6. The number of allylic oxidation sites excluding steroid dienone is 4. The van der Waals surface area contributed by atoms with Crippen molar-refractivity contribution in [1.29, 1.82) is 0 Å². The monoisotopic (exact) mass is 514 g/mol. The van der Waals surface area contributed by atoms with Gasteiger partial charge in [0, 0.05) is 29.3 Å². The summed E-state index contributed by atoms with van der Waals surface area (Å²) in [4.78, 5) is 29.2. The van der Waals surface area contributed by atoms with Gasteiger partial charge in [0.15, 0.2) is 6.10 Å². The van der Waals surface area contributed by atoms with Gasteiger partial charge in [0.1, 0.15) is 5.76 Å². The van der Waals surface area contributed by atoms with Gasteiger partial charge in [0.2, 0.25) is 5.91 Å². The van der Waals surface area contributed by atoms with Crippen molar-refractivity contribution in [3.63, 3.8) is 0 Å². The lowest BCUT2D eigenvalue weighted by molar-refractivity contribution is -0.162. The summed E-state index contributed by atoms with van der Waals surface area (Å²) >= 11 is 0. The molecule has 2 bridgehead atoms. The van der Waals surface area contributed by atoms with E-state index in [0.29, 0.717) is 42.0 Å². The Labute approximate surface area is 223 Å². The minimum absolute atomic E-state index is 0.298. The zero-order valence-corrected chi connectivity index (χ0v) is 22.3. The van der Waals surface area contributed by atoms with E-state index in [1.165, 1.54) is 0 Å².